The summed E-state index contributed by atoms with van der Waals surface area (Å²) in [5, 5.41) is 2.88. The summed E-state index contributed by atoms with van der Waals surface area (Å²) in [6.45, 7) is 0. The number of benzene rings is 2. The van der Waals surface area contributed by atoms with Crippen LogP contribution in [0.3, 0.4) is 0 Å². The first kappa shape index (κ1) is 16.6. The summed E-state index contributed by atoms with van der Waals surface area (Å²) in [5.41, 5.74) is 0.615. The maximum atomic E-state index is 12.3. The van der Waals surface area contributed by atoms with Crippen LogP contribution in [-0.4, -0.2) is 21.4 Å². The van der Waals surface area contributed by atoms with E-state index in [9.17, 15) is 13.2 Å². The van der Waals surface area contributed by atoms with Gasteiger partial charge in [0.2, 0.25) is 0 Å². The van der Waals surface area contributed by atoms with Crippen LogP contribution >= 0.6 is 23.2 Å². The van der Waals surface area contributed by atoms with Gasteiger partial charge in [-0.15, -0.1) is 0 Å². The summed E-state index contributed by atoms with van der Waals surface area (Å²) in [6.07, 6.45) is 0. The van der Waals surface area contributed by atoms with Gasteiger partial charge in [-0.05, 0) is 36.4 Å². The summed E-state index contributed by atoms with van der Waals surface area (Å²) in [4.78, 5) is 11.5. The SMILES string of the molecule is CNC(=O)c1cccc(NS(=O)(=O)c2ccc(Cl)c(Cl)c2)c1. The first-order valence-electron chi connectivity index (χ1n) is 6.13. The predicted octanol–water partition coefficient (Wildman–Crippen LogP) is 3.15. The number of hydrogen-bond acceptors (Lipinski definition) is 3. The zero-order valence-electron chi connectivity index (χ0n) is 11.4. The largest absolute Gasteiger partial charge is 0.355 e. The summed E-state index contributed by atoms with van der Waals surface area (Å²) < 4.78 is 27.0. The molecule has 2 rings (SSSR count). The third kappa shape index (κ3) is 3.71. The summed E-state index contributed by atoms with van der Waals surface area (Å²) in [6, 6.07) is 10.1. The smallest absolute Gasteiger partial charge is 0.261 e. The molecule has 2 aromatic carbocycles. The van der Waals surface area contributed by atoms with Gasteiger partial charge in [0.05, 0.1) is 14.9 Å². The highest BCUT2D eigenvalue weighted by molar-refractivity contribution is 7.92. The molecule has 0 spiro atoms. The minimum atomic E-state index is -3.83. The summed E-state index contributed by atoms with van der Waals surface area (Å²) >= 11 is 11.6. The van der Waals surface area contributed by atoms with Gasteiger partial charge in [0.15, 0.2) is 0 Å². The van der Waals surface area contributed by atoms with Gasteiger partial charge in [0.1, 0.15) is 0 Å². The van der Waals surface area contributed by atoms with Crippen molar-refractivity contribution < 1.29 is 13.2 Å². The normalized spacial score (nSPS) is 11.0. The molecule has 0 aromatic heterocycles. The van der Waals surface area contributed by atoms with Crippen molar-refractivity contribution in [2.45, 2.75) is 4.90 Å². The number of hydrogen-bond donors (Lipinski definition) is 2. The molecule has 0 aliphatic rings. The number of carbonyl (C=O) groups is 1. The fraction of sp³-hybridized carbons (Fsp3) is 0.0714. The van der Waals surface area contributed by atoms with Crippen molar-refractivity contribution in [3.05, 3.63) is 58.1 Å². The maximum Gasteiger partial charge on any atom is 0.261 e. The molecular formula is C14H12Cl2N2O3S. The van der Waals surface area contributed by atoms with E-state index in [1.165, 1.54) is 31.3 Å². The van der Waals surface area contributed by atoms with Crippen LogP contribution in [-0.2, 0) is 10.0 Å². The molecule has 1 amide bonds. The lowest BCUT2D eigenvalue weighted by atomic mass is 10.2. The van der Waals surface area contributed by atoms with Gasteiger partial charge in [-0.2, -0.15) is 0 Å². The fourth-order valence-corrected chi connectivity index (χ4v) is 3.16. The van der Waals surface area contributed by atoms with E-state index >= 15 is 0 Å². The second kappa shape index (κ2) is 6.56. The summed E-state index contributed by atoms with van der Waals surface area (Å²) in [7, 11) is -2.33. The Morgan fingerprint density at radius 1 is 1.05 bits per heavy atom. The lowest BCUT2D eigenvalue weighted by Crippen LogP contribution is -2.18. The standard InChI is InChI=1S/C14H12Cl2N2O3S/c1-17-14(19)9-3-2-4-10(7-9)18-22(20,21)11-5-6-12(15)13(16)8-11/h2-8,18H,1H3,(H,17,19). The van der Waals surface area contributed by atoms with E-state index in [0.717, 1.165) is 0 Å². The number of carbonyl (C=O) groups excluding carboxylic acids is 1. The summed E-state index contributed by atoms with van der Waals surface area (Å²) in [5.74, 6) is -0.310. The Balaban J connectivity index is 2.32. The molecule has 0 unspecified atom stereocenters. The molecule has 2 aromatic rings. The van der Waals surface area contributed by atoms with Crippen molar-refractivity contribution in [2.24, 2.45) is 0 Å². The molecule has 0 fully saturated rings. The van der Waals surface area contributed by atoms with E-state index in [-0.39, 0.29) is 26.5 Å². The molecule has 0 heterocycles. The van der Waals surface area contributed by atoms with Gasteiger partial charge < -0.3 is 5.32 Å². The van der Waals surface area contributed by atoms with Crippen LogP contribution in [0.5, 0.6) is 0 Å². The maximum absolute atomic E-state index is 12.3. The zero-order valence-corrected chi connectivity index (χ0v) is 13.8. The quantitative estimate of drug-likeness (QED) is 0.881. The Bertz CT molecular complexity index is 823. The average Bonchev–Trinajstić information content (AvgIpc) is 2.49. The van der Waals surface area contributed by atoms with Crippen LogP contribution in [0.15, 0.2) is 47.4 Å². The van der Waals surface area contributed by atoms with Gasteiger partial charge in [0, 0.05) is 18.3 Å². The molecule has 0 saturated carbocycles. The van der Waals surface area contributed by atoms with E-state index in [1.807, 2.05) is 0 Å². The Morgan fingerprint density at radius 2 is 1.77 bits per heavy atom. The van der Waals surface area contributed by atoms with Crippen LogP contribution in [0, 0.1) is 0 Å². The lowest BCUT2D eigenvalue weighted by Gasteiger charge is -2.10. The lowest BCUT2D eigenvalue weighted by molar-refractivity contribution is 0.0963. The van der Waals surface area contributed by atoms with Crippen molar-refractivity contribution in [3.63, 3.8) is 0 Å². The topological polar surface area (TPSA) is 75.3 Å². The van der Waals surface area contributed by atoms with Crippen LogP contribution in [0.4, 0.5) is 5.69 Å². The molecule has 0 saturated heterocycles. The monoisotopic (exact) mass is 358 g/mol. The van der Waals surface area contributed by atoms with Crippen LogP contribution in [0.2, 0.25) is 10.0 Å². The van der Waals surface area contributed by atoms with Gasteiger partial charge in [-0.25, -0.2) is 8.42 Å². The first-order valence-corrected chi connectivity index (χ1v) is 8.37. The second-order valence-corrected chi connectivity index (χ2v) is 6.84. The van der Waals surface area contributed by atoms with E-state index < -0.39 is 10.0 Å². The molecule has 0 aliphatic heterocycles. The molecule has 116 valence electrons. The van der Waals surface area contributed by atoms with Crippen LogP contribution in [0.25, 0.3) is 0 Å². The minimum Gasteiger partial charge on any atom is -0.355 e. The van der Waals surface area contributed by atoms with E-state index in [0.29, 0.717) is 5.56 Å². The number of anilines is 1. The van der Waals surface area contributed by atoms with Gasteiger partial charge in [-0.1, -0.05) is 29.3 Å². The molecule has 0 aliphatic carbocycles. The Labute approximate surface area is 138 Å². The molecule has 5 nitrogen and oxygen atoms in total. The van der Waals surface area contributed by atoms with Crippen molar-refractivity contribution in [1.29, 1.82) is 0 Å². The van der Waals surface area contributed by atoms with Crippen molar-refractivity contribution >= 4 is 44.8 Å². The zero-order chi connectivity index (χ0) is 16.3. The molecular weight excluding hydrogens is 347 g/mol. The van der Waals surface area contributed by atoms with Crippen molar-refractivity contribution in [3.8, 4) is 0 Å². The number of sulfonamides is 1. The Kier molecular flexibility index (Phi) is 4.95. The third-order valence-corrected chi connectivity index (χ3v) is 4.92. The number of halogens is 2. The molecule has 0 atom stereocenters. The number of rotatable bonds is 4. The minimum absolute atomic E-state index is 0.0211. The van der Waals surface area contributed by atoms with E-state index in [4.69, 9.17) is 23.2 Å². The Morgan fingerprint density at radius 3 is 2.41 bits per heavy atom. The highest BCUT2D eigenvalue weighted by Crippen LogP contribution is 2.26. The second-order valence-electron chi connectivity index (χ2n) is 4.34. The van der Waals surface area contributed by atoms with Crippen molar-refractivity contribution in [1.82, 2.24) is 5.32 Å². The van der Waals surface area contributed by atoms with Crippen LogP contribution in [0.1, 0.15) is 10.4 Å². The van der Waals surface area contributed by atoms with Crippen molar-refractivity contribution in [2.75, 3.05) is 11.8 Å². The van der Waals surface area contributed by atoms with E-state index in [2.05, 4.69) is 10.0 Å². The molecule has 2 N–H and O–H groups in total. The highest BCUT2D eigenvalue weighted by atomic mass is 35.5. The fourth-order valence-electron chi connectivity index (χ4n) is 1.73. The van der Waals surface area contributed by atoms with Gasteiger partial charge in [-0.3, -0.25) is 9.52 Å². The van der Waals surface area contributed by atoms with Crippen LogP contribution < -0.4 is 10.0 Å². The first-order chi connectivity index (χ1) is 10.3. The predicted molar refractivity (Wildman–Crippen MR) is 87.1 cm³/mol. The molecule has 0 radical (unpaired) electrons. The molecule has 8 heteroatoms. The number of amides is 1. The number of nitrogens with one attached hydrogen (secondary N) is 2. The van der Waals surface area contributed by atoms with Gasteiger partial charge in [0.25, 0.3) is 15.9 Å². The highest BCUT2D eigenvalue weighted by Gasteiger charge is 2.16. The van der Waals surface area contributed by atoms with E-state index in [1.54, 1.807) is 18.2 Å². The third-order valence-electron chi connectivity index (χ3n) is 2.81. The molecule has 22 heavy (non-hydrogen) atoms. The average molecular weight is 359 g/mol. The Hall–Kier alpha value is -1.76. The van der Waals surface area contributed by atoms with Gasteiger partial charge >= 0.3 is 0 Å². The molecule has 0 bridgehead atoms.